The van der Waals surface area contributed by atoms with Crippen molar-refractivity contribution < 1.29 is 4.39 Å². The fourth-order valence-electron chi connectivity index (χ4n) is 3.83. The molecule has 5 nitrogen and oxygen atoms in total. The molecule has 0 aliphatic carbocycles. The van der Waals surface area contributed by atoms with Gasteiger partial charge in [-0.05, 0) is 56.1 Å². The summed E-state index contributed by atoms with van der Waals surface area (Å²) in [4.78, 5) is 19.3. The molecule has 3 aromatic rings. The number of hydrogen-bond donors (Lipinski definition) is 0. The van der Waals surface area contributed by atoms with Crippen LogP contribution in [0.3, 0.4) is 0 Å². The van der Waals surface area contributed by atoms with Gasteiger partial charge in [0.15, 0.2) is 0 Å². The number of aromatic nitrogens is 2. The van der Waals surface area contributed by atoms with Gasteiger partial charge in [0.25, 0.3) is 5.56 Å². The molecule has 0 amide bonds. The topological polar surface area (TPSA) is 61.9 Å². The first kappa shape index (κ1) is 18.3. The van der Waals surface area contributed by atoms with Crippen LogP contribution in [0, 0.1) is 23.1 Å². The van der Waals surface area contributed by atoms with E-state index in [1.165, 1.54) is 6.07 Å². The lowest BCUT2D eigenvalue weighted by Crippen LogP contribution is -2.36. The van der Waals surface area contributed by atoms with Crippen LogP contribution in [-0.4, -0.2) is 27.5 Å². The van der Waals surface area contributed by atoms with Gasteiger partial charge in [-0.2, -0.15) is 5.26 Å². The molecule has 0 saturated carbocycles. The number of rotatable bonds is 4. The number of hydrogen-bond acceptors (Lipinski definition) is 4. The van der Waals surface area contributed by atoms with E-state index in [1.807, 2.05) is 30.3 Å². The van der Waals surface area contributed by atoms with Crippen LogP contribution in [0.4, 0.5) is 4.39 Å². The average molecular weight is 376 g/mol. The quantitative estimate of drug-likeness (QED) is 0.701. The van der Waals surface area contributed by atoms with Crippen molar-refractivity contribution in [2.24, 2.45) is 5.92 Å². The monoisotopic (exact) mass is 376 g/mol. The van der Waals surface area contributed by atoms with Gasteiger partial charge >= 0.3 is 0 Å². The zero-order valence-corrected chi connectivity index (χ0v) is 15.5. The largest absolute Gasteiger partial charge is 0.299 e. The van der Waals surface area contributed by atoms with Gasteiger partial charge in [0.05, 0.1) is 28.9 Å². The summed E-state index contributed by atoms with van der Waals surface area (Å²) in [5.41, 5.74) is 1.69. The van der Waals surface area contributed by atoms with E-state index in [0.717, 1.165) is 31.4 Å². The summed E-state index contributed by atoms with van der Waals surface area (Å²) in [6.45, 7) is 2.93. The number of benzene rings is 2. The van der Waals surface area contributed by atoms with E-state index < -0.39 is 0 Å². The number of nitrogens with zero attached hydrogens (tertiary/aromatic N) is 4. The molecule has 0 atom stereocenters. The van der Waals surface area contributed by atoms with Crippen LogP contribution in [0.15, 0.2) is 53.6 Å². The van der Waals surface area contributed by atoms with Crippen LogP contribution >= 0.6 is 0 Å². The van der Waals surface area contributed by atoms with Crippen molar-refractivity contribution in [3.63, 3.8) is 0 Å². The Hall–Kier alpha value is -3.04. The molecule has 2 aromatic carbocycles. The SMILES string of the molecule is N#Cc1ccc(CN2CCC(Cn3cnc4ccccc4c3=O)CC2)c(F)c1. The standard InChI is InChI=1S/C22H21FN4O/c23-20-11-17(12-24)5-6-18(20)14-26-9-7-16(8-10-26)13-27-15-25-21-4-2-1-3-19(21)22(27)28/h1-6,11,15-16H,7-10,13-14H2. The summed E-state index contributed by atoms with van der Waals surface area (Å²) < 4.78 is 15.8. The molecule has 1 aromatic heterocycles. The number of nitriles is 1. The van der Waals surface area contributed by atoms with Gasteiger partial charge in [0, 0.05) is 18.7 Å². The van der Waals surface area contributed by atoms with Crippen LogP contribution in [0.1, 0.15) is 24.0 Å². The third kappa shape index (κ3) is 3.80. The van der Waals surface area contributed by atoms with Gasteiger partial charge in [0.1, 0.15) is 5.82 Å². The molecule has 2 heterocycles. The molecule has 4 rings (SSSR count). The van der Waals surface area contributed by atoms with Crippen molar-refractivity contribution in [2.75, 3.05) is 13.1 Å². The highest BCUT2D eigenvalue weighted by Gasteiger charge is 2.21. The van der Waals surface area contributed by atoms with E-state index in [1.54, 1.807) is 23.0 Å². The molecule has 1 aliphatic rings. The zero-order chi connectivity index (χ0) is 19.5. The van der Waals surface area contributed by atoms with Crippen LogP contribution in [0.25, 0.3) is 10.9 Å². The van der Waals surface area contributed by atoms with Crippen LogP contribution in [-0.2, 0) is 13.1 Å². The van der Waals surface area contributed by atoms with Gasteiger partial charge < -0.3 is 0 Å². The van der Waals surface area contributed by atoms with Gasteiger partial charge in [-0.1, -0.05) is 18.2 Å². The molecule has 6 heteroatoms. The molecule has 0 radical (unpaired) electrons. The Morgan fingerprint density at radius 2 is 1.96 bits per heavy atom. The maximum absolute atomic E-state index is 14.1. The van der Waals surface area contributed by atoms with Crippen LogP contribution in [0.2, 0.25) is 0 Å². The predicted octanol–water partition coefficient (Wildman–Crippen LogP) is 3.32. The zero-order valence-electron chi connectivity index (χ0n) is 15.5. The highest BCUT2D eigenvalue weighted by Crippen LogP contribution is 2.21. The van der Waals surface area contributed by atoms with Crippen molar-refractivity contribution in [2.45, 2.75) is 25.9 Å². The molecule has 1 aliphatic heterocycles. The molecular weight excluding hydrogens is 355 g/mol. The highest BCUT2D eigenvalue weighted by molar-refractivity contribution is 5.76. The Balaban J connectivity index is 1.38. The molecule has 1 saturated heterocycles. The second kappa shape index (κ2) is 7.91. The highest BCUT2D eigenvalue weighted by atomic mass is 19.1. The molecule has 0 N–H and O–H groups in total. The van der Waals surface area contributed by atoms with Crippen molar-refractivity contribution >= 4 is 10.9 Å². The van der Waals surface area contributed by atoms with E-state index in [4.69, 9.17) is 5.26 Å². The predicted molar refractivity (Wildman–Crippen MR) is 105 cm³/mol. The van der Waals surface area contributed by atoms with E-state index in [2.05, 4.69) is 9.88 Å². The third-order valence-corrected chi connectivity index (χ3v) is 5.47. The van der Waals surface area contributed by atoms with Crippen molar-refractivity contribution in [1.82, 2.24) is 14.5 Å². The minimum Gasteiger partial charge on any atom is -0.299 e. The Kier molecular flexibility index (Phi) is 5.18. The fourth-order valence-corrected chi connectivity index (χ4v) is 3.83. The summed E-state index contributed by atoms with van der Waals surface area (Å²) >= 11 is 0. The number of fused-ring (bicyclic) bond motifs is 1. The summed E-state index contributed by atoms with van der Waals surface area (Å²) in [7, 11) is 0. The van der Waals surface area contributed by atoms with Crippen molar-refractivity contribution in [3.8, 4) is 6.07 Å². The first-order valence-electron chi connectivity index (χ1n) is 9.49. The Labute approximate surface area is 162 Å². The van der Waals surface area contributed by atoms with Gasteiger partial charge in [0.2, 0.25) is 0 Å². The van der Waals surface area contributed by atoms with Crippen LogP contribution < -0.4 is 5.56 Å². The fraction of sp³-hybridized carbons (Fsp3) is 0.318. The molecule has 142 valence electrons. The number of halogens is 1. The second-order valence-electron chi connectivity index (χ2n) is 7.36. The molecule has 0 spiro atoms. The molecule has 28 heavy (non-hydrogen) atoms. The van der Waals surface area contributed by atoms with Crippen molar-refractivity contribution in [1.29, 1.82) is 5.26 Å². The van der Waals surface area contributed by atoms with Gasteiger partial charge in [-0.3, -0.25) is 14.3 Å². The summed E-state index contributed by atoms with van der Waals surface area (Å²) in [5.74, 6) is 0.0812. The first-order valence-corrected chi connectivity index (χ1v) is 9.49. The van der Waals surface area contributed by atoms with Gasteiger partial charge in [-0.25, -0.2) is 9.37 Å². The first-order chi connectivity index (χ1) is 13.6. The molecule has 0 unspecified atom stereocenters. The van der Waals surface area contributed by atoms with E-state index in [9.17, 15) is 9.18 Å². The summed E-state index contributed by atoms with van der Waals surface area (Å²) in [5, 5.41) is 9.50. The molecule has 1 fully saturated rings. The number of para-hydroxylation sites is 1. The summed E-state index contributed by atoms with van der Waals surface area (Å²) in [6, 6.07) is 14.0. The minimum absolute atomic E-state index is 0.00711. The van der Waals surface area contributed by atoms with E-state index in [0.29, 0.717) is 35.5 Å². The smallest absolute Gasteiger partial charge is 0.261 e. The van der Waals surface area contributed by atoms with Crippen LogP contribution in [0.5, 0.6) is 0 Å². The van der Waals surface area contributed by atoms with E-state index in [-0.39, 0.29) is 11.4 Å². The number of piperidine rings is 1. The van der Waals surface area contributed by atoms with Gasteiger partial charge in [-0.15, -0.1) is 0 Å². The lowest BCUT2D eigenvalue weighted by atomic mass is 9.96. The second-order valence-corrected chi connectivity index (χ2v) is 7.36. The maximum atomic E-state index is 14.1. The average Bonchev–Trinajstić information content (AvgIpc) is 2.73. The lowest BCUT2D eigenvalue weighted by Gasteiger charge is -2.32. The molecule has 0 bridgehead atoms. The lowest BCUT2D eigenvalue weighted by molar-refractivity contribution is 0.165. The van der Waals surface area contributed by atoms with E-state index >= 15 is 0 Å². The maximum Gasteiger partial charge on any atom is 0.261 e. The normalized spacial score (nSPS) is 15.6. The minimum atomic E-state index is -0.324. The number of likely N-dealkylation sites (tertiary alicyclic amines) is 1. The Bertz CT molecular complexity index is 1090. The third-order valence-electron chi connectivity index (χ3n) is 5.47. The summed E-state index contributed by atoms with van der Waals surface area (Å²) in [6.07, 6.45) is 3.55. The Morgan fingerprint density at radius 3 is 2.71 bits per heavy atom. The molecular formula is C22H21FN4O. The van der Waals surface area contributed by atoms with Crippen molar-refractivity contribution in [3.05, 3.63) is 76.1 Å². The Morgan fingerprint density at radius 1 is 1.18 bits per heavy atom.